The maximum absolute atomic E-state index is 12.1. The molecule has 5 nitrogen and oxygen atoms in total. The number of nitrogen functional groups attached to an aromatic ring is 1. The largest absolute Gasteiger partial charge is 0.399 e. The minimum absolute atomic E-state index is 0.160. The van der Waals surface area contributed by atoms with Gasteiger partial charge in [-0.1, -0.05) is 13.3 Å². The number of carbonyl (C=O) groups is 1. The van der Waals surface area contributed by atoms with E-state index in [1.165, 1.54) is 12.1 Å². The van der Waals surface area contributed by atoms with E-state index in [1.54, 1.807) is 13.0 Å². The van der Waals surface area contributed by atoms with E-state index < -0.39 is 21.5 Å². The summed E-state index contributed by atoms with van der Waals surface area (Å²) >= 11 is 0. The minimum Gasteiger partial charge on any atom is -0.399 e. The van der Waals surface area contributed by atoms with Crippen LogP contribution in [0, 0.1) is 6.92 Å². The van der Waals surface area contributed by atoms with Crippen molar-refractivity contribution in [2.75, 3.05) is 18.0 Å². The van der Waals surface area contributed by atoms with Gasteiger partial charge in [0.05, 0.1) is 4.90 Å². The number of nitrogens with one attached hydrogen (secondary N) is 1. The number of hydrogen-bond donors (Lipinski definition) is 2. The number of nitrogens with two attached hydrogens (primary N) is 1. The fraction of sp³-hybridized carbons (Fsp3) is 0.462. The minimum atomic E-state index is -3.61. The summed E-state index contributed by atoms with van der Waals surface area (Å²) in [6.45, 7) is 4.17. The first-order chi connectivity index (χ1) is 8.86. The lowest BCUT2D eigenvalue weighted by Crippen LogP contribution is -2.31. The highest BCUT2D eigenvalue weighted by Crippen LogP contribution is 2.19. The van der Waals surface area contributed by atoms with Gasteiger partial charge in [0.1, 0.15) is 5.75 Å². The van der Waals surface area contributed by atoms with Crippen LogP contribution in [0.5, 0.6) is 0 Å². The molecule has 1 amide bonds. The molecule has 0 saturated carbocycles. The molecular weight excluding hydrogens is 264 g/mol. The van der Waals surface area contributed by atoms with Crippen molar-refractivity contribution in [2.45, 2.75) is 31.6 Å². The van der Waals surface area contributed by atoms with E-state index in [-0.39, 0.29) is 4.90 Å². The highest BCUT2D eigenvalue weighted by atomic mass is 32.2. The average Bonchev–Trinajstić information content (AvgIpc) is 2.27. The number of benzene rings is 1. The normalized spacial score (nSPS) is 11.3. The molecule has 106 valence electrons. The summed E-state index contributed by atoms with van der Waals surface area (Å²) < 4.78 is 24.2. The van der Waals surface area contributed by atoms with Crippen molar-refractivity contribution in [1.29, 1.82) is 0 Å². The Labute approximate surface area is 114 Å². The third kappa shape index (κ3) is 4.55. The number of sulfone groups is 1. The van der Waals surface area contributed by atoms with Crippen LogP contribution in [0.2, 0.25) is 0 Å². The Hall–Kier alpha value is -1.56. The second-order valence-electron chi connectivity index (χ2n) is 4.49. The predicted octanol–water partition coefficient (Wildman–Crippen LogP) is 1.27. The van der Waals surface area contributed by atoms with Crippen LogP contribution in [-0.2, 0) is 14.6 Å². The van der Waals surface area contributed by atoms with Crippen LogP contribution >= 0.6 is 0 Å². The molecule has 0 aliphatic carbocycles. The lowest BCUT2D eigenvalue weighted by molar-refractivity contribution is -0.118. The molecule has 0 aliphatic heterocycles. The average molecular weight is 284 g/mol. The summed E-state index contributed by atoms with van der Waals surface area (Å²) in [5, 5.41) is 2.60. The molecule has 0 heterocycles. The van der Waals surface area contributed by atoms with E-state index in [9.17, 15) is 13.2 Å². The van der Waals surface area contributed by atoms with Crippen molar-refractivity contribution in [3.8, 4) is 0 Å². The van der Waals surface area contributed by atoms with Gasteiger partial charge in [-0.2, -0.15) is 0 Å². The molecule has 19 heavy (non-hydrogen) atoms. The van der Waals surface area contributed by atoms with Crippen molar-refractivity contribution in [3.05, 3.63) is 23.8 Å². The topological polar surface area (TPSA) is 89.3 Å². The number of unbranched alkanes of at least 4 members (excludes halogenated alkanes) is 1. The molecule has 1 aromatic rings. The van der Waals surface area contributed by atoms with Crippen molar-refractivity contribution in [1.82, 2.24) is 5.32 Å². The van der Waals surface area contributed by atoms with Crippen molar-refractivity contribution >= 4 is 21.4 Å². The van der Waals surface area contributed by atoms with Gasteiger partial charge >= 0.3 is 0 Å². The molecule has 0 aromatic heterocycles. The number of aryl methyl sites for hydroxylation is 1. The van der Waals surface area contributed by atoms with E-state index in [4.69, 9.17) is 5.73 Å². The summed E-state index contributed by atoms with van der Waals surface area (Å²) in [5.74, 6) is -0.994. The van der Waals surface area contributed by atoms with E-state index in [0.717, 1.165) is 12.8 Å². The first-order valence-corrected chi connectivity index (χ1v) is 7.87. The lowest BCUT2D eigenvalue weighted by atomic mass is 10.2. The molecule has 1 rings (SSSR count). The highest BCUT2D eigenvalue weighted by molar-refractivity contribution is 7.92. The van der Waals surface area contributed by atoms with Crippen molar-refractivity contribution in [2.24, 2.45) is 0 Å². The van der Waals surface area contributed by atoms with E-state index in [2.05, 4.69) is 5.32 Å². The third-order valence-corrected chi connectivity index (χ3v) is 4.48. The standard InChI is InChI=1S/C13H20N2O3S/c1-3-4-7-15-13(16)9-19(17,18)12-6-5-11(14)8-10(12)2/h5-6,8H,3-4,7,9,14H2,1-2H3,(H,15,16). The molecule has 0 bridgehead atoms. The number of anilines is 1. The van der Waals surface area contributed by atoms with E-state index >= 15 is 0 Å². The van der Waals surface area contributed by atoms with Gasteiger partial charge in [-0.25, -0.2) is 8.42 Å². The second kappa shape index (κ2) is 6.56. The zero-order chi connectivity index (χ0) is 14.5. The highest BCUT2D eigenvalue weighted by Gasteiger charge is 2.20. The van der Waals surface area contributed by atoms with Crippen LogP contribution in [0.15, 0.2) is 23.1 Å². The SMILES string of the molecule is CCCCNC(=O)CS(=O)(=O)c1ccc(N)cc1C. The molecule has 0 atom stereocenters. The predicted molar refractivity (Wildman–Crippen MR) is 75.6 cm³/mol. The van der Waals surface area contributed by atoms with Gasteiger partial charge in [-0.3, -0.25) is 4.79 Å². The Bertz CT molecular complexity index is 553. The van der Waals surface area contributed by atoms with E-state index in [0.29, 0.717) is 17.8 Å². The molecule has 0 aliphatic rings. The Morgan fingerprint density at radius 2 is 2.05 bits per heavy atom. The number of rotatable bonds is 6. The van der Waals surface area contributed by atoms with Gasteiger partial charge in [0.2, 0.25) is 5.91 Å². The molecule has 0 unspecified atom stereocenters. The third-order valence-electron chi connectivity index (χ3n) is 2.71. The fourth-order valence-electron chi connectivity index (χ4n) is 1.73. The van der Waals surface area contributed by atoms with Crippen LogP contribution < -0.4 is 11.1 Å². The maximum Gasteiger partial charge on any atom is 0.235 e. The van der Waals surface area contributed by atoms with Gasteiger partial charge < -0.3 is 11.1 Å². The summed E-state index contributed by atoms with van der Waals surface area (Å²) in [6, 6.07) is 4.55. The Morgan fingerprint density at radius 1 is 1.37 bits per heavy atom. The molecule has 0 saturated heterocycles. The van der Waals surface area contributed by atoms with Crippen LogP contribution in [0.1, 0.15) is 25.3 Å². The molecule has 1 aromatic carbocycles. The number of hydrogen-bond acceptors (Lipinski definition) is 4. The molecule has 3 N–H and O–H groups in total. The van der Waals surface area contributed by atoms with Crippen LogP contribution in [0.4, 0.5) is 5.69 Å². The first-order valence-electron chi connectivity index (χ1n) is 6.22. The quantitative estimate of drug-likeness (QED) is 0.608. The van der Waals surface area contributed by atoms with Crippen molar-refractivity contribution < 1.29 is 13.2 Å². The van der Waals surface area contributed by atoms with Gasteiger partial charge in [-0.15, -0.1) is 0 Å². The van der Waals surface area contributed by atoms with Gasteiger partial charge in [-0.05, 0) is 37.1 Å². The Balaban J connectivity index is 2.78. The summed E-state index contributed by atoms with van der Waals surface area (Å²) in [6.07, 6.45) is 1.79. The van der Waals surface area contributed by atoms with Crippen LogP contribution in [0.3, 0.4) is 0 Å². The van der Waals surface area contributed by atoms with E-state index in [1.807, 2.05) is 6.92 Å². The summed E-state index contributed by atoms with van der Waals surface area (Å²) in [4.78, 5) is 11.7. The smallest absolute Gasteiger partial charge is 0.235 e. The summed E-state index contributed by atoms with van der Waals surface area (Å²) in [5.41, 5.74) is 6.64. The van der Waals surface area contributed by atoms with Gasteiger partial charge in [0.15, 0.2) is 9.84 Å². The lowest BCUT2D eigenvalue weighted by Gasteiger charge is -2.09. The molecule has 0 radical (unpaired) electrons. The maximum atomic E-state index is 12.1. The molecule has 6 heteroatoms. The fourth-order valence-corrected chi connectivity index (χ4v) is 3.16. The van der Waals surface area contributed by atoms with Crippen molar-refractivity contribution in [3.63, 3.8) is 0 Å². The number of carbonyl (C=O) groups excluding carboxylic acids is 1. The zero-order valence-corrected chi connectivity index (χ0v) is 12.1. The second-order valence-corrected chi connectivity index (χ2v) is 6.45. The molecule has 0 fully saturated rings. The van der Waals surface area contributed by atoms with Gasteiger partial charge in [0.25, 0.3) is 0 Å². The molecular formula is C13H20N2O3S. The monoisotopic (exact) mass is 284 g/mol. The molecule has 0 spiro atoms. The summed E-state index contributed by atoms with van der Waals surface area (Å²) in [7, 11) is -3.61. The zero-order valence-electron chi connectivity index (χ0n) is 11.3. The van der Waals surface area contributed by atoms with Crippen LogP contribution in [0.25, 0.3) is 0 Å². The Kier molecular flexibility index (Phi) is 5.35. The number of amides is 1. The van der Waals surface area contributed by atoms with Crippen LogP contribution in [-0.4, -0.2) is 26.6 Å². The Morgan fingerprint density at radius 3 is 2.63 bits per heavy atom. The van der Waals surface area contributed by atoms with Gasteiger partial charge in [0, 0.05) is 12.2 Å². The first kappa shape index (κ1) is 15.5.